The molecule has 0 aliphatic rings. The summed E-state index contributed by atoms with van der Waals surface area (Å²) in [6.07, 6.45) is -0.468. The van der Waals surface area contributed by atoms with Gasteiger partial charge < -0.3 is 14.8 Å². The highest BCUT2D eigenvalue weighted by atomic mass is 32.1. The lowest BCUT2D eigenvalue weighted by molar-refractivity contribution is -0.115. The van der Waals surface area contributed by atoms with Gasteiger partial charge in [0.15, 0.2) is 0 Å². The number of hydrogen-bond donors (Lipinski definition) is 1. The Morgan fingerprint density at radius 1 is 0.964 bits per heavy atom. The van der Waals surface area contributed by atoms with Gasteiger partial charge in [-0.05, 0) is 45.7 Å². The van der Waals surface area contributed by atoms with Crippen molar-refractivity contribution in [2.24, 2.45) is 0 Å². The molecular formula is C21H25NO5S. The summed E-state index contributed by atoms with van der Waals surface area (Å²) in [5.74, 6) is -1.39. The minimum Gasteiger partial charge on any atom is -0.459 e. The molecule has 150 valence electrons. The van der Waals surface area contributed by atoms with Crippen molar-refractivity contribution in [3.8, 4) is 0 Å². The minimum absolute atomic E-state index is 0.155. The zero-order valence-electron chi connectivity index (χ0n) is 16.7. The molecule has 1 aromatic carbocycles. The van der Waals surface area contributed by atoms with Crippen molar-refractivity contribution in [3.63, 3.8) is 0 Å². The number of carbonyl (C=O) groups excluding carboxylic acids is 3. The average molecular weight is 404 g/mol. The third kappa shape index (κ3) is 5.66. The van der Waals surface area contributed by atoms with Crippen molar-refractivity contribution in [3.05, 3.63) is 51.9 Å². The molecule has 0 aliphatic carbocycles. The molecule has 0 saturated carbocycles. The predicted octanol–water partition coefficient (Wildman–Crippen LogP) is 4.37. The first kappa shape index (κ1) is 21.6. The van der Waals surface area contributed by atoms with Crippen LogP contribution in [-0.4, -0.2) is 30.1 Å². The number of ether oxygens (including phenoxy) is 2. The smallest absolute Gasteiger partial charge is 0.348 e. The molecule has 7 heteroatoms. The van der Waals surface area contributed by atoms with E-state index in [9.17, 15) is 14.4 Å². The van der Waals surface area contributed by atoms with Gasteiger partial charge in [-0.3, -0.25) is 4.79 Å². The third-order valence-electron chi connectivity index (χ3n) is 3.68. The first-order valence-corrected chi connectivity index (χ1v) is 9.89. The van der Waals surface area contributed by atoms with Crippen LogP contribution in [0.5, 0.6) is 0 Å². The van der Waals surface area contributed by atoms with Crippen LogP contribution in [0.15, 0.2) is 30.3 Å². The van der Waals surface area contributed by atoms with Crippen molar-refractivity contribution >= 4 is 34.2 Å². The van der Waals surface area contributed by atoms with Crippen molar-refractivity contribution in [1.82, 2.24) is 0 Å². The first-order valence-electron chi connectivity index (χ1n) is 9.08. The fourth-order valence-corrected chi connectivity index (χ4v) is 3.63. The summed E-state index contributed by atoms with van der Waals surface area (Å²) in [6, 6.07) is 9.26. The van der Waals surface area contributed by atoms with E-state index in [0.717, 1.165) is 16.9 Å². The second-order valence-corrected chi connectivity index (χ2v) is 7.90. The maximum Gasteiger partial charge on any atom is 0.348 e. The highest BCUT2D eigenvalue weighted by Crippen LogP contribution is 2.34. The molecular weight excluding hydrogens is 378 g/mol. The Morgan fingerprint density at radius 2 is 1.54 bits per heavy atom. The molecule has 1 amide bonds. The van der Waals surface area contributed by atoms with Gasteiger partial charge in [-0.25, -0.2) is 9.59 Å². The van der Waals surface area contributed by atoms with Gasteiger partial charge in [0.25, 0.3) is 0 Å². The quantitative estimate of drug-likeness (QED) is 0.694. The molecule has 0 bridgehead atoms. The van der Waals surface area contributed by atoms with Crippen molar-refractivity contribution < 1.29 is 23.9 Å². The van der Waals surface area contributed by atoms with Crippen LogP contribution in [0.2, 0.25) is 0 Å². The number of hydrogen-bond acceptors (Lipinski definition) is 6. The second kappa shape index (κ2) is 9.50. The summed E-state index contributed by atoms with van der Waals surface area (Å²) in [6.45, 7) is 8.62. The van der Waals surface area contributed by atoms with Crippen LogP contribution in [-0.2, 0) is 20.7 Å². The average Bonchev–Trinajstić information content (AvgIpc) is 2.90. The molecule has 0 saturated heterocycles. The number of carbonyl (C=O) groups is 3. The van der Waals surface area contributed by atoms with Crippen LogP contribution in [0.1, 0.15) is 58.9 Å². The summed E-state index contributed by atoms with van der Waals surface area (Å²) in [4.78, 5) is 37.7. The van der Waals surface area contributed by atoms with E-state index in [1.54, 1.807) is 34.6 Å². The van der Waals surface area contributed by atoms with Crippen LogP contribution < -0.4 is 5.32 Å². The highest BCUT2D eigenvalue weighted by molar-refractivity contribution is 7.18. The normalized spacial score (nSPS) is 10.8. The van der Waals surface area contributed by atoms with E-state index in [1.165, 1.54) is 0 Å². The Balaban J connectivity index is 2.33. The van der Waals surface area contributed by atoms with Gasteiger partial charge in [0.1, 0.15) is 9.88 Å². The molecule has 6 nitrogen and oxygen atoms in total. The second-order valence-electron chi connectivity index (χ2n) is 6.88. The van der Waals surface area contributed by atoms with Gasteiger partial charge in [0.2, 0.25) is 5.91 Å². The lowest BCUT2D eigenvalue weighted by atomic mass is 10.1. The van der Waals surface area contributed by atoms with E-state index in [0.29, 0.717) is 10.6 Å². The molecule has 0 aliphatic heterocycles. The van der Waals surface area contributed by atoms with Crippen LogP contribution in [0, 0.1) is 6.92 Å². The topological polar surface area (TPSA) is 81.7 Å². The molecule has 0 spiro atoms. The van der Waals surface area contributed by atoms with Gasteiger partial charge in [0, 0.05) is 0 Å². The van der Waals surface area contributed by atoms with Crippen molar-refractivity contribution in [1.29, 1.82) is 0 Å². The van der Waals surface area contributed by atoms with Gasteiger partial charge in [0.05, 0.1) is 24.2 Å². The van der Waals surface area contributed by atoms with E-state index in [-0.39, 0.29) is 35.0 Å². The van der Waals surface area contributed by atoms with Gasteiger partial charge in [-0.1, -0.05) is 30.3 Å². The third-order valence-corrected chi connectivity index (χ3v) is 4.87. The summed E-state index contributed by atoms with van der Waals surface area (Å²) < 4.78 is 10.5. The molecule has 0 unspecified atom stereocenters. The minimum atomic E-state index is -0.581. The first-order chi connectivity index (χ1) is 13.2. The number of esters is 2. The predicted molar refractivity (Wildman–Crippen MR) is 109 cm³/mol. The Kier molecular flexibility index (Phi) is 7.34. The maximum atomic E-state index is 12.6. The lowest BCUT2D eigenvalue weighted by Gasteiger charge is -2.10. The fraction of sp³-hybridized carbons (Fsp3) is 0.381. The molecule has 1 aromatic heterocycles. The maximum absolute atomic E-state index is 12.6. The number of benzene rings is 1. The van der Waals surface area contributed by atoms with E-state index in [2.05, 4.69) is 5.32 Å². The van der Waals surface area contributed by atoms with E-state index >= 15 is 0 Å². The summed E-state index contributed by atoms with van der Waals surface area (Å²) in [7, 11) is 0. The Bertz CT molecular complexity index is 855. The molecule has 28 heavy (non-hydrogen) atoms. The van der Waals surface area contributed by atoms with Crippen LogP contribution >= 0.6 is 11.3 Å². The molecule has 0 fully saturated rings. The van der Waals surface area contributed by atoms with E-state index in [1.807, 2.05) is 30.3 Å². The molecule has 2 rings (SSSR count). The molecule has 0 atom stereocenters. The summed E-state index contributed by atoms with van der Waals surface area (Å²) >= 11 is 1.02. The van der Waals surface area contributed by atoms with Crippen molar-refractivity contribution in [2.75, 3.05) is 5.32 Å². The lowest BCUT2D eigenvalue weighted by Crippen LogP contribution is -2.18. The summed E-state index contributed by atoms with van der Waals surface area (Å²) in [5, 5.41) is 3.05. The number of amides is 1. The number of anilines is 1. The van der Waals surface area contributed by atoms with Crippen molar-refractivity contribution in [2.45, 2.75) is 53.2 Å². The van der Waals surface area contributed by atoms with Crippen LogP contribution in [0.3, 0.4) is 0 Å². The highest BCUT2D eigenvalue weighted by Gasteiger charge is 2.28. The Morgan fingerprint density at radius 3 is 2.11 bits per heavy atom. The van der Waals surface area contributed by atoms with E-state index < -0.39 is 11.9 Å². The van der Waals surface area contributed by atoms with Crippen LogP contribution in [0.4, 0.5) is 5.00 Å². The molecule has 1 N–H and O–H groups in total. The SMILES string of the molecule is Cc1c(C(=O)OC(C)C)sc(NC(=O)Cc2ccccc2)c1C(=O)OC(C)C. The van der Waals surface area contributed by atoms with Crippen LogP contribution in [0.25, 0.3) is 0 Å². The zero-order chi connectivity index (χ0) is 20.8. The molecule has 2 aromatic rings. The monoisotopic (exact) mass is 403 g/mol. The number of thiophene rings is 1. The van der Waals surface area contributed by atoms with Gasteiger partial charge in [-0.2, -0.15) is 0 Å². The van der Waals surface area contributed by atoms with Gasteiger partial charge in [-0.15, -0.1) is 11.3 Å². The van der Waals surface area contributed by atoms with E-state index in [4.69, 9.17) is 9.47 Å². The Labute approximate surface area is 168 Å². The number of nitrogens with one attached hydrogen (secondary N) is 1. The molecule has 0 radical (unpaired) electrons. The Hall–Kier alpha value is -2.67. The standard InChI is InChI=1S/C21H25NO5S/c1-12(2)26-20(24)17-14(5)18(21(25)27-13(3)4)28-19(17)22-16(23)11-15-9-7-6-8-10-15/h6-10,12-13H,11H2,1-5H3,(H,22,23). The summed E-state index contributed by atoms with van der Waals surface area (Å²) in [5.41, 5.74) is 1.48. The zero-order valence-corrected chi connectivity index (χ0v) is 17.5. The largest absolute Gasteiger partial charge is 0.459 e. The number of rotatable bonds is 7. The fourth-order valence-electron chi connectivity index (χ4n) is 2.53. The van der Waals surface area contributed by atoms with Gasteiger partial charge >= 0.3 is 11.9 Å². The molecule has 1 heterocycles.